The molecule has 2 atom stereocenters. The van der Waals surface area contributed by atoms with Gasteiger partial charge in [-0.2, -0.15) is 11.8 Å². The Labute approximate surface area is 129 Å². The minimum atomic E-state index is 0.633. The van der Waals surface area contributed by atoms with Gasteiger partial charge in [-0.3, -0.25) is 0 Å². The second-order valence-electron chi connectivity index (χ2n) is 5.26. The first-order valence-electron chi connectivity index (χ1n) is 7.24. The van der Waals surface area contributed by atoms with Crippen LogP contribution < -0.4 is 5.32 Å². The largest absolute Gasteiger partial charge is 0.307 e. The van der Waals surface area contributed by atoms with E-state index in [2.05, 4.69) is 35.2 Å². The Hall–Kier alpha value is -0.710. The Morgan fingerprint density at radius 2 is 2.30 bits per heavy atom. The van der Waals surface area contributed by atoms with E-state index in [-0.39, 0.29) is 0 Å². The van der Waals surface area contributed by atoms with Crippen molar-refractivity contribution in [2.75, 3.05) is 5.75 Å². The number of aromatic nitrogens is 2. The quantitative estimate of drug-likeness (QED) is 0.912. The SMILES string of the molecule is CCSC1CCCC1NCc1cn2cc(Cl)ccc2n1. The Balaban J connectivity index is 1.64. The number of hydrogen-bond donors (Lipinski definition) is 1. The molecule has 0 spiro atoms. The van der Waals surface area contributed by atoms with Gasteiger partial charge in [0.1, 0.15) is 5.65 Å². The molecule has 1 N–H and O–H groups in total. The lowest BCUT2D eigenvalue weighted by atomic mass is 10.2. The van der Waals surface area contributed by atoms with Crippen molar-refractivity contribution in [1.29, 1.82) is 0 Å². The lowest BCUT2D eigenvalue weighted by Crippen LogP contribution is -2.33. The van der Waals surface area contributed by atoms with Crippen molar-refractivity contribution in [2.24, 2.45) is 0 Å². The Morgan fingerprint density at radius 3 is 3.15 bits per heavy atom. The minimum absolute atomic E-state index is 0.633. The van der Waals surface area contributed by atoms with Gasteiger partial charge < -0.3 is 9.72 Å². The predicted molar refractivity (Wildman–Crippen MR) is 86.6 cm³/mol. The first-order chi connectivity index (χ1) is 9.76. The van der Waals surface area contributed by atoms with Gasteiger partial charge in [0.05, 0.1) is 10.7 Å². The van der Waals surface area contributed by atoms with E-state index in [0.29, 0.717) is 6.04 Å². The summed E-state index contributed by atoms with van der Waals surface area (Å²) in [5.41, 5.74) is 2.04. The highest BCUT2D eigenvalue weighted by molar-refractivity contribution is 7.99. The summed E-state index contributed by atoms with van der Waals surface area (Å²) >= 11 is 8.08. The third kappa shape index (κ3) is 3.13. The summed E-state index contributed by atoms with van der Waals surface area (Å²) in [6, 6.07) is 4.47. The van der Waals surface area contributed by atoms with Crippen molar-refractivity contribution in [3.8, 4) is 0 Å². The molecular weight excluding hydrogens is 290 g/mol. The fraction of sp³-hybridized carbons (Fsp3) is 0.533. The number of halogens is 1. The highest BCUT2D eigenvalue weighted by Gasteiger charge is 2.26. The molecule has 2 aromatic rings. The van der Waals surface area contributed by atoms with Gasteiger partial charge >= 0.3 is 0 Å². The van der Waals surface area contributed by atoms with Crippen LogP contribution in [0.25, 0.3) is 5.65 Å². The van der Waals surface area contributed by atoms with Gasteiger partial charge in [0.15, 0.2) is 0 Å². The maximum atomic E-state index is 6.00. The summed E-state index contributed by atoms with van der Waals surface area (Å²) in [5.74, 6) is 1.20. The maximum Gasteiger partial charge on any atom is 0.137 e. The maximum absolute atomic E-state index is 6.00. The van der Waals surface area contributed by atoms with E-state index in [1.165, 1.54) is 25.0 Å². The summed E-state index contributed by atoms with van der Waals surface area (Å²) in [5, 5.41) is 5.19. The first-order valence-corrected chi connectivity index (χ1v) is 8.67. The van der Waals surface area contributed by atoms with Crippen LogP contribution in [-0.2, 0) is 6.54 Å². The lowest BCUT2D eigenvalue weighted by molar-refractivity contribution is 0.528. The van der Waals surface area contributed by atoms with Crippen molar-refractivity contribution < 1.29 is 0 Å². The molecule has 1 aliphatic rings. The van der Waals surface area contributed by atoms with Gasteiger partial charge in [0.25, 0.3) is 0 Å². The zero-order valence-corrected chi connectivity index (χ0v) is 13.3. The normalized spacial score (nSPS) is 22.7. The van der Waals surface area contributed by atoms with Gasteiger partial charge in [0, 0.05) is 30.2 Å². The van der Waals surface area contributed by atoms with Crippen LogP contribution in [0.4, 0.5) is 0 Å². The van der Waals surface area contributed by atoms with Gasteiger partial charge in [-0.05, 0) is 30.7 Å². The molecular formula is C15H20ClN3S. The molecule has 0 radical (unpaired) electrons. The highest BCUT2D eigenvalue weighted by Crippen LogP contribution is 2.30. The second kappa shape index (κ2) is 6.37. The third-order valence-corrected chi connectivity index (χ3v) is 5.39. The summed E-state index contributed by atoms with van der Waals surface area (Å²) in [6.45, 7) is 3.08. The molecule has 1 aliphatic carbocycles. The number of nitrogens with one attached hydrogen (secondary N) is 1. The van der Waals surface area contributed by atoms with Crippen molar-refractivity contribution in [2.45, 2.75) is 44.0 Å². The summed E-state index contributed by atoms with van der Waals surface area (Å²) in [4.78, 5) is 4.62. The van der Waals surface area contributed by atoms with Crippen LogP contribution >= 0.6 is 23.4 Å². The summed E-state index contributed by atoms with van der Waals surface area (Å²) in [7, 11) is 0. The fourth-order valence-corrected chi connectivity index (χ4v) is 4.31. The number of imidazole rings is 1. The zero-order chi connectivity index (χ0) is 13.9. The number of pyridine rings is 1. The Morgan fingerprint density at radius 1 is 1.40 bits per heavy atom. The minimum Gasteiger partial charge on any atom is -0.307 e. The van der Waals surface area contributed by atoms with Gasteiger partial charge in [-0.25, -0.2) is 4.98 Å². The van der Waals surface area contributed by atoms with E-state index in [1.54, 1.807) is 0 Å². The first kappa shape index (κ1) is 14.2. The number of hydrogen-bond acceptors (Lipinski definition) is 3. The van der Waals surface area contributed by atoms with Gasteiger partial charge in [0.2, 0.25) is 0 Å². The van der Waals surface area contributed by atoms with Gasteiger partial charge in [-0.15, -0.1) is 0 Å². The van der Waals surface area contributed by atoms with Crippen molar-refractivity contribution in [1.82, 2.24) is 14.7 Å². The second-order valence-corrected chi connectivity index (χ2v) is 7.21. The van der Waals surface area contributed by atoms with Crippen molar-refractivity contribution >= 4 is 29.0 Å². The molecule has 0 aliphatic heterocycles. The average molecular weight is 310 g/mol. The van der Waals surface area contributed by atoms with Crippen LogP contribution in [0.5, 0.6) is 0 Å². The fourth-order valence-electron chi connectivity index (χ4n) is 2.91. The number of thioether (sulfide) groups is 1. The molecule has 2 aromatic heterocycles. The summed E-state index contributed by atoms with van der Waals surface area (Å²) < 4.78 is 1.99. The standard InChI is InChI=1S/C15H20ClN3S/c1-2-20-14-5-3-4-13(14)17-8-12-10-19-9-11(16)6-7-15(19)18-12/h6-7,9-10,13-14,17H,2-5,8H2,1H3. The average Bonchev–Trinajstić information content (AvgIpc) is 3.02. The van der Waals surface area contributed by atoms with Crippen molar-refractivity contribution in [3.05, 3.63) is 35.2 Å². The Kier molecular flexibility index (Phi) is 4.54. The molecule has 108 valence electrons. The zero-order valence-electron chi connectivity index (χ0n) is 11.7. The molecule has 3 rings (SSSR count). The van der Waals surface area contributed by atoms with Gasteiger partial charge in [-0.1, -0.05) is 24.9 Å². The predicted octanol–water partition coefficient (Wildman–Crippen LogP) is 3.75. The lowest BCUT2D eigenvalue weighted by Gasteiger charge is -2.19. The van der Waals surface area contributed by atoms with Crippen LogP contribution in [-0.4, -0.2) is 26.4 Å². The molecule has 0 aromatic carbocycles. The molecule has 5 heteroatoms. The van der Waals surface area contributed by atoms with Crippen LogP contribution in [0, 0.1) is 0 Å². The number of nitrogens with zero attached hydrogens (tertiary/aromatic N) is 2. The van der Waals surface area contributed by atoms with Crippen LogP contribution in [0.15, 0.2) is 24.5 Å². The molecule has 0 bridgehead atoms. The summed E-state index contributed by atoms with van der Waals surface area (Å²) in [6.07, 6.45) is 7.94. The van der Waals surface area contributed by atoms with Crippen LogP contribution in [0.3, 0.4) is 0 Å². The van der Waals surface area contributed by atoms with Crippen molar-refractivity contribution in [3.63, 3.8) is 0 Å². The van der Waals surface area contributed by atoms with E-state index < -0.39 is 0 Å². The third-order valence-electron chi connectivity index (χ3n) is 3.84. The van der Waals surface area contributed by atoms with E-state index in [9.17, 15) is 0 Å². The molecule has 2 heterocycles. The molecule has 2 unspecified atom stereocenters. The van der Waals surface area contributed by atoms with Crippen LogP contribution in [0.2, 0.25) is 5.02 Å². The molecule has 20 heavy (non-hydrogen) atoms. The highest BCUT2D eigenvalue weighted by atomic mass is 35.5. The number of fused-ring (bicyclic) bond motifs is 1. The van der Waals surface area contributed by atoms with E-state index in [1.807, 2.05) is 22.7 Å². The van der Waals surface area contributed by atoms with Crippen LogP contribution in [0.1, 0.15) is 31.9 Å². The van der Waals surface area contributed by atoms with E-state index in [0.717, 1.165) is 28.2 Å². The van der Waals surface area contributed by atoms with E-state index >= 15 is 0 Å². The molecule has 1 saturated carbocycles. The monoisotopic (exact) mass is 309 g/mol. The molecule has 0 amide bonds. The Bertz CT molecular complexity index is 584. The molecule has 0 saturated heterocycles. The van der Waals surface area contributed by atoms with E-state index in [4.69, 9.17) is 11.6 Å². The smallest absolute Gasteiger partial charge is 0.137 e. The topological polar surface area (TPSA) is 29.3 Å². The number of rotatable bonds is 5. The molecule has 3 nitrogen and oxygen atoms in total. The molecule has 1 fully saturated rings.